The number of methoxy groups -OCH3 is 1. The fourth-order valence-corrected chi connectivity index (χ4v) is 5.34. The number of furan rings is 1. The smallest absolute Gasteiger partial charge is 0.325 e. The Morgan fingerprint density at radius 2 is 1.66 bits per heavy atom. The van der Waals surface area contributed by atoms with Gasteiger partial charge in [-0.25, -0.2) is 5.06 Å². The number of hydrogen-bond donors (Lipinski definition) is 3. The third kappa shape index (κ3) is 12.1. The Balaban J connectivity index is 1.68. The summed E-state index contributed by atoms with van der Waals surface area (Å²) in [5.74, 6) is -1.88. The van der Waals surface area contributed by atoms with Crippen molar-refractivity contribution in [2.75, 3.05) is 26.9 Å². The third-order valence-corrected chi connectivity index (χ3v) is 7.88. The average molecular weight is 693 g/mol. The van der Waals surface area contributed by atoms with Crippen molar-refractivity contribution >= 4 is 30.1 Å². The quantitative estimate of drug-likeness (QED) is 0.0432. The Morgan fingerprint density at radius 1 is 0.880 bits per heavy atom. The fraction of sp³-hybridized carbons (Fsp3) is 0.432. The van der Waals surface area contributed by atoms with Gasteiger partial charge in [0.05, 0.1) is 32.3 Å². The molecule has 3 rings (SSSR count). The maximum Gasteiger partial charge on any atom is 0.325 e. The maximum atomic E-state index is 13.6. The van der Waals surface area contributed by atoms with Crippen molar-refractivity contribution in [3.8, 4) is 17.1 Å². The van der Waals surface area contributed by atoms with Crippen LogP contribution in [0.25, 0.3) is 11.3 Å². The van der Waals surface area contributed by atoms with Crippen molar-refractivity contribution in [1.29, 1.82) is 0 Å². The number of unbranched alkanes of at least 4 members (excludes halogenated alkanes) is 2. The first-order valence-electron chi connectivity index (χ1n) is 16.9. The molecule has 0 unspecified atom stereocenters. The number of benzene rings is 2. The van der Waals surface area contributed by atoms with Crippen molar-refractivity contribution in [3.63, 3.8) is 0 Å². The Morgan fingerprint density at radius 3 is 2.34 bits per heavy atom. The van der Waals surface area contributed by atoms with Crippen LogP contribution in [0, 0.1) is 5.92 Å². The minimum atomic E-state index is -0.596. The van der Waals surface area contributed by atoms with E-state index in [1.54, 1.807) is 25.1 Å². The lowest BCUT2D eigenvalue weighted by molar-refractivity contribution is -0.201. The van der Waals surface area contributed by atoms with Gasteiger partial charge in [0, 0.05) is 11.1 Å². The molecule has 13 nitrogen and oxygen atoms in total. The van der Waals surface area contributed by atoms with E-state index in [9.17, 15) is 24.0 Å². The Labute approximate surface area is 293 Å². The zero-order valence-corrected chi connectivity index (χ0v) is 29.2. The van der Waals surface area contributed by atoms with Gasteiger partial charge in [0.25, 0.3) is 11.8 Å². The fourth-order valence-electron chi connectivity index (χ4n) is 5.34. The Hall–Kier alpha value is -5.17. The van der Waals surface area contributed by atoms with Crippen molar-refractivity contribution < 1.29 is 42.7 Å². The van der Waals surface area contributed by atoms with Crippen LogP contribution in [0.2, 0.25) is 0 Å². The lowest BCUT2D eigenvalue weighted by Crippen LogP contribution is -2.48. The van der Waals surface area contributed by atoms with E-state index >= 15 is 0 Å². The summed E-state index contributed by atoms with van der Waals surface area (Å²) in [5, 5.41) is 9.20. The van der Waals surface area contributed by atoms with E-state index in [0.717, 1.165) is 31.2 Å². The molecular weight excluding hydrogens is 644 g/mol. The highest BCUT2D eigenvalue weighted by Crippen LogP contribution is 2.28. The number of carbonyl (C=O) groups excluding carboxylic acids is 5. The SMILES string of the molecule is CCCCC[C@@H](C(=O)NCNC(=O)c1ccc(-c2cc(OCC)cc(C(=O)NCC(=O)OC)c2)o1)[C@@H](CCC)N(C=O)OCc1ccccc1. The third-order valence-electron chi connectivity index (χ3n) is 7.88. The molecule has 0 fully saturated rings. The minimum Gasteiger partial charge on any atom is -0.494 e. The lowest BCUT2D eigenvalue weighted by atomic mass is 9.89. The van der Waals surface area contributed by atoms with Gasteiger partial charge in [-0.15, -0.1) is 0 Å². The number of nitrogens with one attached hydrogen (secondary N) is 3. The normalized spacial score (nSPS) is 11.9. The number of ether oxygens (including phenoxy) is 2. The standard InChI is InChI=1S/C37H48N4O9/c1-5-8-10-16-30(31(13-6-2)41(25-42)49-23-26-14-11-9-12-15-26)36(45)39-24-40-37(46)33-18-17-32(50-33)27-19-28(21-29(20-27)48-7-3)35(44)38-22-34(43)47-4/h9,11-12,14-15,17-21,25,30-31H,5-8,10,13,16,22-24H2,1-4H3,(H,38,44)(H,39,45)(H,40,46)/t30-,31-/m1/s1. The molecule has 0 aliphatic carbocycles. The van der Waals surface area contributed by atoms with E-state index in [4.69, 9.17) is 14.0 Å². The number of esters is 1. The van der Waals surface area contributed by atoms with E-state index in [1.165, 1.54) is 24.3 Å². The molecule has 2 aromatic carbocycles. The van der Waals surface area contributed by atoms with Gasteiger partial charge < -0.3 is 29.8 Å². The van der Waals surface area contributed by atoms with Crippen LogP contribution >= 0.6 is 0 Å². The van der Waals surface area contributed by atoms with Gasteiger partial charge in [0.15, 0.2) is 5.76 Å². The molecular formula is C37H48N4O9. The topological polar surface area (TPSA) is 166 Å². The van der Waals surface area contributed by atoms with E-state index in [-0.39, 0.29) is 37.1 Å². The molecule has 4 amide bonds. The highest BCUT2D eigenvalue weighted by atomic mass is 16.7. The zero-order chi connectivity index (χ0) is 36.3. The monoisotopic (exact) mass is 692 g/mol. The highest BCUT2D eigenvalue weighted by molar-refractivity contribution is 5.97. The number of nitrogens with zero attached hydrogens (tertiary/aromatic N) is 1. The van der Waals surface area contributed by atoms with E-state index in [2.05, 4.69) is 27.6 Å². The summed E-state index contributed by atoms with van der Waals surface area (Å²) in [4.78, 5) is 68.9. The Bertz CT molecular complexity index is 1540. The number of carbonyl (C=O) groups is 5. The van der Waals surface area contributed by atoms with Crippen LogP contribution in [-0.4, -0.2) is 68.1 Å². The largest absolute Gasteiger partial charge is 0.494 e. The molecule has 0 aliphatic heterocycles. The summed E-state index contributed by atoms with van der Waals surface area (Å²) < 4.78 is 16.0. The van der Waals surface area contributed by atoms with E-state index < -0.39 is 29.7 Å². The summed E-state index contributed by atoms with van der Waals surface area (Å²) in [7, 11) is 1.22. The molecule has 0 saturated carbocycles. The molecule has 270 valence electrons. The second kappa shape index (κ2) is 21.0. The summed E-state index contributed by atoms with van der Waals surface area (Å²) in [6.07, 6.45) is 5.14. The second-order valence-electron chi connectivity index (χ2n) is 11.5. The summed E-state index contributed by atoms with van der Waals surface area (Å²) >= 11 is 0. The van der Waals surface area contributed by atoms with Crippen molar-refractivity contribution in [1.82, 2.24) is 21.0 Å². The lowest BCUT2D eigenvalue weighted by Gasteiger charge is -2.33. The number of hydroxylamine groups is 2. The molecule has 2 atom stereocenters. The van der Waals surface area contributed by atoms with Crippen molar-refractivity contribution in [3.05, 3.63) is 77.6 Å². The van der Waals surface area contributed by atoms with Gasteiger partial charge >= 0.3 is 5.97 Å². The van der Waals surface area contributed by atoms with Crippen molar-refractivity contribution in [2.24, 2.45) is 5.92 Å². The van der Waals surface area contributed by atoms with E-state index in [0.29, 0.717) is 42.9 Å². The average Bonchev–Trinajstić information content (AvgIpc) is 3.63. The van der Waals surface area contributed by atoms with Gasteiger partial charge in [-0.1, -0.05) is 69.9 Å². The highest BCUT2D eigenvalue weighted by Gasteiger charge is 2.32. The molecule has 0 aliphatic rings. The van der Waals surface area contributed by atoms with E-state index in [1.807, 2.05) is 37.3 Å². The Kier molecular flexibility index (Phi) is 16.5. The van der Waals surface area contributed by atoms with Crippen LogP contribution in [0.4, 0.5) is 0 Å². The first kappa shape index (κ1) is 39.3. The van der Waals surface area contributed by atoms with Gasteiger partial charge in [0.2, 0.25) is 12.3 Å². The van der Waals surface area contributed by atoms with Crippen LogP contribution < -0.4 is 20.7 Å². The van der Waals surface area contributed by atoms with Crippen LogP contribution in [0.15, 0.2) is 65.1 Å². The van der Waals surface area contributed by atoms with Gasteiger partial charge in [0.1, 0.15) is 24.7 Å². The number of hydrogen-bond acceptors (Lipinski definition) is 9. The molecule has 1 heterocycles. The number of amides is 4. The summed E-state index contributed by atoms with van der Waals surface area (Å²) in [6.45, 7) is 5.91. The maximum absolute atomic E-state index is 13.6. The van der Waals surface area contributed by atoms with Crippen molar-refractivity contribution in [2.45, 2.75) is 71.9 Å². The van der Waals surface area contributed by atoms with Crippen LogP contribution in [0.5, 0.6) is 5.75 Å². The van der Waals surface area contributed by atoms with Crippen LogP contribution in [0.3, 0.4) is 0 Å². The van der Waals surface area contributed by atoms with Gasteiger partial charge in [-0.3, -0.25) is 28.8 Å². The minimum absolute atomic E-state index is 0.0162. The first-order chi connectivity index (χ1) is 24.2. The molecule has 3 aromatic rings. The molecule has 0 saturated heterocycles. The molecule has 0 bridgehead atoms. The summed E-state index contributed by atoms with van der Waals surface area (Å²) in [6, 6.07) is 16.8. The predicted octanol–water partition coefficient (Wildman–Crippen LogP) is 5.01. The first-order valence-corrected chi connectivity index (χ1v) is 16.9. The van der Waals surface area contributed by atoms with Gasteiger partial charge in [-0.2, -0.15) is 0 Å². The van der Waals surface area contributed by atoms with Crippen LogP contribution in [0.1, 0.15) is 85.8 Å². The van der Waals surface area contributed by atoms with Gasteiger partial charge in [-0.05, 0) is 55.7 Å². The molecule has 50 heavy (non-hydrogen) atoms. The predicted molar refractivity (Wildman–Crippen MR) is 186 cm³/mol. The second-order valence-corrected chi connectivity index (χ2v) is 11.5. The van der Waals surface area contributed by atoms with Crippen LogP contribution in [-0.2, 0) is 30.6 Å². The zero-order valence-electron chi connectivity index (χ0n) is 29.2. The molecule has 3 N–H and O–H groups in total. The molecule has 13 heteroatoms. The molecule has 1 aromatic heterocycles. The number of rotatable bonds is 22. The molecule has 0 radical (unpaired) electrons. The molecule has 0 spiro atoms. The summed E-state index contributed by atoms with van der Waals surface area (Å²) in [5.41, 5.74) is 1.58.